The molecule has 0 spiro atoms. The standard InChI is InChI=1S/C25H28F2N6O2/c1-15(2)20-10-9-18(11-21(20)27)23(17-7-5-4-6-8-17)29-24(34)22-12-19(26)13-32(22)25(35)16(3)33-14-28-30-31-33/h4-11,14-16,19,22-23H,12-13H2,1-3H3,(H,29,34). The normalized spacial score (nSPS) is 19.5. The monoisotopic (exact) mass is 482 g/mol. The van der Waals surface area contributed by atoms with Gasteiger partial charge in [-0.25, -0.2) is 13.5 Å². The van der Waals surface area contributed by atoms with E-state index in [2.05, 4.69) is 20.8 Å². The molecule has 4 rings (SSSR count). The van der Waals surface area contributed by atoms with Gasteiger partial charge < -0.3 is 10.2 Å². The molecule has 1 aliphatic heterocycles. The molecule has 0 saturated carbocycles. The Morgan fingerprint density at radius 1 is 1.09 bits per heavy atom. The van der Waals surface area contributed by atoms with Crippen LogP contribution >= 0.6 is 0 Å². The van der Waals surface area contributed by atoms with Gasteiger partial charge in [0.2, 0.25) is 11.8 Å². The number of benzene rings is 2. The van der Waals surface area contributed by atoms with Crippen molar-refractivity contribution in [3.63, 3.8) is 0 Å². The molecule has 10 heteroatoms. The van der Waals surface area contributed by atoms with Crippen LogP contribution in [-0.2, 0) is 9.59 Å². The molecular formula is C25H28F2N6O2. The molecule has 0 aliphatic carbocycles. The van der Waals surface area contributed by atoms with Crippen LogP contribution < -0.4 is 5.32 Å². The molecule has 184 valence electrons. The fourth-order valence-corrected chi connectivity index (χ4v) is 4.41. The maximum absolute atomic E-state index is 14.8. The van der Waals surface area contributed by atoms with Crippen LogP contribution in [0.3, 0.4) is 0 Å². The largest absolute Gasteiger partial charge is 0.343 e. The second-order valence-corrected chi connectivity index (χ2v) is 9.09. The smallest absolute Gasteiger partial charge is 0.248 e. The Labute approximate surface area is 202 Å². The van der Waals surface area contributed by atoms with Gasteiger partial charge in [0.1, 0.15) is 30.4 Å². The SMILES string of the molecule is CC(C)c1ccc(C(NC(=O)C2CC(F)CN2C(=O)C(C)n2cnnn2)c2ccccc2)cc1F. The second-order valence-electron chi connectivity index (χ2n) is 9.09. The molecule has 1 aromatic heterocycles. The minimum Gasteiger partial charge on any atom is -0.343 e. The van der Waals surface area contributed by atoms with Gasteiger partial charge >= 0.3 is 0 Å². The molecular weight excluding hydrogens is 454 g/mol. The number of nitrogens with one attached hydrogen (secondary N) is 1. The number of hydrogen-bond donors (Lipinski definition) is 1. The number of rotatable bonds is 7. The van der Waals surface area contributed by atoms with Gasteiger partial charge in [-0.05, 0) is 46.0 Å². The Balaban J connectivity index is 1.61. The van der Waals surface area contributed by atoms with E-state index in [9.17, 15) is 18.4 Å². The molecule has 2 amide bonds. The lowest BCUT2D eigenvalue weighted by atomic mass is 9.94. The van der Waals surface area contributed by atoms with Crippen LogP contribution in [0.1, 0.15) is 61.9 Å². The van der Waals surface area contributed by atoms with Gasteiger partial charge in [-0.1, -0.05) is 56.3 Å². The van der Waals surface area contributed by atoms with E-state index in [1.165, 1.54) is 22.0 Å². The molecule has 1 fully saturated rings. The van der Waals surface area contributed by atoms with Crippen LogP contribution in [0.15, 0.2) is 54.9 Å². The third-order valence-corrected chi connectivity index (χ3v) is 6.35. The zero-order chi connectivity index (χ0) is 25.1. The highest BCUT2D eigenvalue weighted by Crippen LogP contribution is 2.29. The summed E-state index contributed by atoms with van der Waals surface area (Å²) < 4.78 is 30.5. The van der Waals surface area contributed by atoms with Crippen LogP contribution in [0.25, 0.3) is 0 Å². The Kier molecular flexibility index (Phi) is 7.18. The third kappa shape index (κ3) is 5.21. The van der Waals surface area contributed by atoms with Crippen molar-refractivity contribution in [3.8, 4) is 0 Å². The van der Waals surface area contributed by atoms with Crippen LogP contribution in [0.2, 0.25) is 0 Å². The van der Waals surface area contributed by atoms with Gasteiger partial charge in [-0.15, -0.1) is 5.10 Å². The quantitative estimate of drug-likeness (QED) is 0.558. The van der Waals surface area contributed by atoms with Crippen LogP contribution in [0.4, 0.5) is 8.78 Å². The van der Waals surface area contributed by atoms with Crippen molar-refractivity contribution in [2.75, 3.05) is 6.54 Å². The molecule has 4 unspecified atom stereocenters. The first-order chi connectivity index (χ1) is 16.8. The molecule has 3 aromatic rings. The van der Waals surface area contributed by atoms with Crippen molar-refractivity contribution in [2.24, 2.45) is 0 Å². The number of aromatic nitrogens is 4. The Hall–Kier alpha value is -3.69. The minimum atomic E-state index is -1.34. The zero-order valence-electron chi connectivity index (χ0n) is 19.8. The number of hydrogen-bond acceptors (Lipinski definition) is 5. The first kappa shape index (κ1) is 24.4. The number of carbonyl (C=O) groups is 2. The first-order valence-corrected chi connectivity index (χ1v) is 11.6. The van der Waals surface area contributed by atoms with E-state index in [0.717, 1.165) is 5.56 Å². The van der Waals surface area contributed by atoms with Crippen molar-refractivity contribution in [2.45, 2.75) is 57.4 Å². The van der Waals surface area contributed by atoms with Gasteiger partial charge in [0.25, 0.3) is 0 Å². The first-order valence-electron chi connectivity index (χ1n) is 11.6. The summed E-state index contributed by atoms with van der Waals surface area (Å²) in [6, 6.07) is 11.6. The van der Waals surface area contributed by atoms with E-state index in [0.29, 0.717) is 11.1 Å². The Bertz CT molecular complexity index is 1170. The number of alkyl halides is 1. The number of amides is 2. The molecule has 35 heavy (non-hydrogen) atoms. The van der Waals surface area contributed by atoms with Crippen LogP contribution in [0, 0.1) is 5.82 Å². The lowest BCUT2D eigenvalue weighted by Crippen LogP contribution is -2.48. The van der Waals surface area contributed by atoms with E-state index >= 15 is 0 Å². The topological polar surface area (TPSA) is 93.0 Å². The molecule has 2 aromatic carbocycles. The predicted octanol–water partition coefficient (Wildman–Crippen LogP) is 3.34. The summed E-state index contributed by atoms with van der Waals surface area (Å²) >= 11 is 0. The van der Waals surface area contributed by atoms with E-state index in [1.54, 1.807) is 19.1 Å². The van der Waals surface area contributed by atoms with E-state index in [-0.39, 0.29) is 24.7 Å². The fourth-order valence-electron chi connectivity index (χ4n) is 4.41. The van der Waals surface area contributed by atoms with Crippen LogP contribution in [-0.4, -0.2) is 55.7 Å². The molecule has 0 bridgehead atoms. The molecule has 1 aliphatic rings. The van der Waals surface area contributed by atoms with Gasteiger partial charge in [0.15, 0.2) is 0 Å². The summed E-state index contributed by atoms with van der Waals surface area (Å²) in [7, 11) is 0. The van der Waals surface area contributed by atoms with Gasteiger partial charge in [0, 0.05) is 6.42 Å². The molecule has 1 saturated heterocycles. The third-order valence-electron chi connectivity index (χ3n) is 6.35. The van der Waals surface area contributed by atoms with Crippen molar-refractivity contribution in [1.29, 1.82) is 0 Å². The summed E-state index contributed by atoms with van der Waals surface area (Å²) in [4.78, 5) is 27.7. The van der Waals surface area contributed by atoms with Crippen molar-refractivity contribution in [1.82, 2.24) is 30.4 Å². The molecule has 0 radical (unpaired) electrons. The summed E-state index contributed by atoms with van der Waals surface area (Å²) in [6.07, 6.45) is -0.169. The van der Waals surface area contributed by atoms with Gasteiger partial charge in [-0.3, -0.25) is 9.59 Å². The summed E-state index contributed by atoms with van der Waals surface area (Å²) in [5.74, 6) is -1.31. The number of carbonyl (C=O) groups excluding carboxylic acids is 2. The average Bonchev–Trinajstić information content (AvgIpc) is 3.52. The zero-order valence-corrected chi connectivity index (χ0v) is 19.8. The number of tetrazole rings is 1. The number of nitrogens with zero attached hydrogens (tertiary/aromatic N) is 5. The highest BCUT2D eigenvalue weighted by atomic mass is 19.1. The summed E-state index contributed by atoms with van der Waals surface area (Å²) in [6.45, 7) is 5.20. The number of likely N-dealkylation sites (tertiary alicyclic amines) is 1. The molecule has 1 N–H and O–H groups in total. The molecule has 2 heterocycles. The lowest BCUT2D eigenvalue weighted by molar-refractivity contribution is -0.141. The van der Waals surface area contributed by atoms with Crippen LogP contribution in [0.5, 0.6) is 0 Å². The second kappa shape index (κ2) is 10.3. The molecule has 8 nitrogen and oxygen atoms in total. The maximum atomic E-state index is 14.8. The maximum Gasteiger partial charge on any atom is 0.248 e. The van der Waals surface area contributed by atoms with E-state index < -0.39 is 36.1 Å². The van der Waals surface area contributed by atoms with E-state index in [1.807, 2.05) is 44.2 Å². The van der Waals surface area contributed by atoms with E-state index in [4.69, 9.17) is 0 Å². The predicted molar refractivity (Wildman–Crippen MR) is 124 cm³/mol. The fraction of sp³-hybridized carbons (Fsp3) is 0.400. The molecule has 4 atom stereocenters. The van der Waals surface area contributed by atoms with Gasteiger partial charge in [-0.2, -0.15) is 0 Å². The Morgan fingerprint density at radius 2 is 1.83 bits per heavy atom. The van der Waals surface area contributed by atoms with Crippen molar-refractivity contribution in [3.05, 3.63) is 77.4 Å². The summed E-state index contributed by atoms with van der Waals surface area (Å²) in [5, 5.41) is 13.7. The lowest BCUT2D eigenvalue weighted by Gasteiger charge is -2.28. The van der Waals surface area contributed by atoms with Crippen molar-refractivity contribution >= 4 is 11.8 Å². The van der Waals surface area contributed by atoms with Crippen molar-refractivity contribution < 1.29 is 18.4 Å². The average molecular weight is 483 g/mol. The van der Waals surface area contributed by atoms with Gasteiger partial charge in [0.05, 0.1) is 12.6 Å². The summed E-state index contributed by atoms with van der Waals surface area (Å²) in [5.41, 5.74) is 1.88. The highest BCUT2D eigenvalue weighted by molar-refractivity contribution is 5.90. The minimum absolute atomic E-state index is 0.00976. The Morgan fingerprint density at radius 3 is 2.46 bits per heavy atom. The highest BCUT2D eigenvalue weighted by Gasteiger charge is 2.42. The number of halogens is 2.